The maximum absolute atomic E-state index is 4.47. The molecule has 0 bridgehead atoms. The van der Waals surface area contributed by atoms with Crippen LogP contribution in [-0.2, 0) is 6.54 Å². The van der Waals surface area contributed by atoms with E-state index in [-0.39, 0.29) is 0 Å². The monoisotopic (exact) mass is 247 g/mol. The fourth-order valence-corrected chi connectivity index (χ4v) is 2.01. The molecule has 2 rings (SSSR count). The topological polar surface area (TPSA) is 37.0 Å². The van der Waals surface area contributed by atoms with Crippen molar-refractivity contribution in [3.05, 3.63) is 23.9 Å². The van der Waals surface area contributed by atoms with Gasteiger partial charge in [0, 0.05) is 25.3 Å². The highest BCUT2D eigenvalue weighted by atomic mass is 15.0. The van der Waals surface area contributed by atoms with Gasteiger partial charge in [-0.3, -0.25) is 0 Å². The summed E-state index contributed by atoms with van der Waals surface area (Å²) in [5.41, 5.74) is 1.27. The van der Waals surface area contributed by atoms with Crippen LogP contribution in [-0.4, -0.2) is 17.6 Å². The number of aromatic nitrogens is 1. The Kier molecular flexibility index (Phi) is 5.00. The van der Waals surface area contributed by atoms with E-state index in [1.54, 1.807) is 0 Å². The number of hydrogen-bond acceptors (Lipinski definition) is 3. The normalized spacial score (nSPS) is 15.1. The SMILES string of the molecule is CCC(CC)CNc1ccc(CNC2CC2)cn1. The maximum Gasteiger partial charge on any atom is 0.125 e. The van der Waals surface area contributed by atoms with Gasteiger partial charge in [-0.15, -0.1) is 0 Å². The summed E-state index contributed by atoms with van der Waals surface area (Å²) in [6, 6.07) is 5.02. The van der Waals surface area contributed by atoms with Crippen LogP contribution in [0.1, 0.15) is 45.1 Å². The van der Waals surface area contributed by atoms with Crippen molar-refractivity contribution in [2.45, 2.75) is 52.1 Å². The van der Waals surface area contributed by atoms with E-state index in [0.717, 1.165) is 30.9 Å². The van der Waals surface area contributed by atoms with Crippen LogP contribution >= 0.6 is 0 Å². The highest BCUT2D eigenvalue weighted by Gasteiger charge is 2.19. The fraction of sp³-hybridized carbons (Fsp3) is 0.667. The van der Waals surface area contributed by atoms with E-state index in [1.165, 1.54) is 31.2 Å². The van der Waals surface area contributed by atoms with Crippen molar-refractivity contribution in [1.82, 2.24) is 10.3 Å². The van der Waals surface area contributed by atoms with Gasteiger partial charge in [-0.25, -0.2) is 4.98 Å². The lowest BCUT2D eigenvalue weighted by Gasteiger charge is -2.13. The lowest BCUT2D eigenvalue weighted by molar-refractivity contribution is 0.518. The molecular weight excluding hydrogens is 222 g/mol. The Bertz CT molecular complexity index is 339. The minimum atomic E-state index is 0.753. The third kappa shape index (κ3) is 4.30. The Hall–Kier alpha value is -1.09. The zero-order valence-electron chi connectivity index (χ0n) is 11.6. The summed E-state index contributed by atoms with van der Waals surface area (Å²) in [4.78, 5) is 4.47. The van der Waals surface area contributed by atoms with Gasteiger partial charge >= 0.3 is 0 Å². The molecule has 0 aliphatic heterocycles. The van der Waals surface area contributed by atoms with Crippen molar-refractivity contribution in [2.24, 2.45) is 5.92 Å². The second-order valence-corrected chi connectivity index (χ2v) is 5.27. The molecule has 1 aliphatic rings. The number of rotatable bonds is 8. The number of pyridine rings is 1. The molecule has 2 N–H and O–H groups in total. The Morgan fingerprint density at radius 2 is 2.06 bits per heavy atom. The molecule has 3 nitrogen and oxygen atoms in total. The van der Waals surface area contributed by atoms with Crippen molar-refractivity contribution >= 4 is 5.82 Å². The second-order valence-electron chi connectivity index (χ2n) is 5.27. The number of nitrogens with one attached hydrogen (secondary N) is 2. The van der Waals surface area contributed by atoms with Gasteiger partial charge in [-0.05, 0) is 30.4 Å². The molecule has 18 heavy (non-hydrogen) atoms. The smallest absolute Gasteiger partial charge is 0.125 e. The first-order valence-electron chi connectivity index (χ1n) is 7.24. The van der Waals surface area contributed by atoms with Crippen LogP contribution in [0.3, 0.4) is 0 Å². The van der Waals surface area contributed by atoms with E-state index in [2.05, 4.69) is 41.6 Å². The van der Waals surface area contributed by atoms with E-state index in [4.69, 9.17) is 0 Å². The summed E-state index contributed by atoms with van der Waals surface area (Å²) in [6.07, 6.45) is 7.11. The predicted molar refractivity (Wildman–Crippen MR) is 76.7 cm³/mol. The average Bonchev–Trinajstić information content (AvgIpc) is 3.23. The van der Waals surface area contributed by atoms with E-state index >= 15 is 0 Å². The molecule has 0 radical (unpaired) electrons. The van der Waals surface area contributed by atoms with Gasteiger partial charge in [0.05, 0.1) is 0 Å². The third-order valence-corrected chi connectivity index (χ3v) is 3.72. The van der Waals surface area contributed by atoms with Crippen LogP contribution in [0.15, 0.2) is 18.3 Å². The molecule has 3 heteroatoms. The zero-order chi connectivity index (χ0) is 12.8. The Balaban J connectivity index is 1.75. The van der Waals surface area contributed by atoms with Crippen LogP contribution in [0, 0.1) is 5.92 Å². The van der Waals surface area contributed by atoms with Crippen molar-refractivity contribution < 1.29 is 0 Å². The Labute approximate surface area is 110 Å². The van der Waals surface area contributed by atoms with Crippen LogP contribution in [0.5, 0.6) is 0 Å². The van der Waals surface area contributed by atoms with Gasteiger partial charge in [0.1, 0.15) is 5.82 Å². The third-order valence-electron chi connectivity index (χ3n) is 3.72. The summed E-state index contributed by atoms with van der Waals surface area (Å²) in [7, 11) is 0. The summed E-state index contributed by atoms with van der Waals surface area (Å²) in [5, 5.41) is 6.92. The summed E-state index contributed by atoms with van der Waals surface area (Å²) in [5.74, 6) is 1.75. The second kappa shape index (κ2) is 6.74. The quantitative estimate of drug-likeness (QED) is 0.741. The minimum absolute atomic E-state index is 0.753. The first kappa shape index (κ1) is 13.3. The van der Waals surface area contributed by atoms with Gasteiger partial charge in [0.2, 0.25) is 0 Å². The molecule has 0 spiro atoms. The molecule has 1 aromatic rings. The van der Waals surface area contributed by atoms with Gasteiger partial charge < -0.3 is 10.6 Å². The molecule has 0 atom stereocenters. The lowest BCUT2D eigenvalue weighted by atomic mass is 10.0. The van der Waals surface area contributed by atoms with Crippen LogP contribution < -0.4 is 10.6 Å². The minimum Gasteiger partial charge on any atom is -0.370 e. The van der Waals surface area contributed by atoms with Crippen molar-refractivity contribution in [2.75, 3.05) is 11.9 Å². The van der Waals surface area contributed by atoms with E-state index in [9.17, 15) is 0 Å². The molecule has 100 valence electrons. The molecule has 1 saturated carbocycles. The summed E-state index contributed by atoms with van der Waals surface area (Å²) >= 11 is 0. The highest BCUT2D eigenvalue weighted by Crippen LogP contribution is 2.19. The Morgan fingerprint density at radius 3 is 2.61 bits per heavy atom. The summed E-state index contributed by atoms with van der Waals surface area (Å²) < 4.78 is 0. The van der Waals surface area contributed by atoms with E-state index in [0.29, 0.717) is 0 Å². The number of anilines is 1. The van der Waals surface area contributed by atoms with Gasteiger partial charge in [0.15, 0.2) is 0 Å². The zero-order valence-corrected chi connectivity index (χ0v) is 11.6. The molecule has 1 aromatic heterocycles. The van der Waals surface area contributed by atoms with Crippen molar-refractivity contribution in [1.29, 1.82) is 0 Å². The first-order valence-corrected chi connectivity index (χ1v) is 7.24. The van der Waals surface area contributed by atoms with E-state index in [1.807, 2.05) is 6.20 Å². The maximum atomic E-state index is 4.47. The van der Waals surface area contributed by atoms with Crippen molar-refractivity contribution in [3.8, 4) is 0 Å². The number of hydrogen-bond donors (Lipinski definition) is 2. The van der Waals surface area contributed by atoms with Crippen LogP contribution in [0.25, 0.3) is 0 Å². The molecule has 0 aromatic carbocycles. The highest BCUT2D eigenvalue weighted by molar-refractivity contribution is 5.35. The lowest BCUT2D eigenvalue weighted by Crippen LogP contribution is -2.16. The molecular formula is C15H25N3. The molecule has 0 amide bonds. The molecule has 1 heterocycles. The largest absolute Gasteiger partial charge is 0.370 e. The fourth-order valence-electron chi connectivity index (χ4n) is 2.01. The van der Waals surface area contributed by atoms with Crippen molar-refractivity contribution in [3.63, 3.8) is 0 Å². The van der Waals surface area contributed by atoms with E-state index < -0.39 is 0 Å². The molecule has 0 unspecified atom stereocenters. The molecule has 0 saturated heterocycles. The Morgan fingerprint density at radius 1 is 1.28 bits per heavy atom. The van der Waals surface area contributed by atoms with Gasteiger partial charge in [0.25, 0.3) is 0 Å². The first-order chi connectivity index (χ1) is 8.81. The van der Waals surface area contributed by atoms with Gasteiger partial charge in [-0.2, -0.15) is 0 Å². The molecule has 1 aliphatic carbocycles. The van der Waals surface area contributed by atoms with Crippen LogP contribution in [0.2, 0.25) is 0 Å². The van der Waals surface area contributed by atoms with Gasteiger partial charge in [-0.1, -0.05) is 32.8 Å². The predicted octanol–water partition coefficient (Wildman–Crippen LogP) is 3.18. The number of nitrogens with zero attached hydrogens (tertiary/aromatic N) is 1. The summed E-state index contributed by atoms with van der Waals surface area (Å²) in [6.45, 7) is 6.47. The van der Waals surface area contributed by atoms with Crippen LogP contribution in [0.4, 0.5) is 5.82 Å². The standard InChI is InChI=1S/C15H25N3/c1-3-12(4-2)9-17-15-8-5-13(11-18-15)10-16-14-6-7-14/h5,8,11-12,14,16H,3-4,6-7,9-10H2,1-2H3,(H,17,18). The molecule has 1 fully saturated rings. The average molecular weight is 247 g/mol.